The number of ether oxygens (including phenoxy) is 1. The molecule has 7 heteroatoms. The third kappa shape index (κ3) is 3.72. The van der Waals surface area contributed by atoms with Crippen LogP contribution in [0.3, 0.4) is 0 Å². The van der Waals surface area contributed by atoms with Gasteiger partial charge >= 0.3 is 5.69 Å². The molecule has 1 aromatic heterocycles. The van der Waals surface area contributed by atoms with Crippen molar-refractivity contribution in [2.45, 2.75) is 37.4 Å². The molecule has 1 aliphatic rings. The lowest BCUT2D eigenvalue weighted by molar-refractivity contribution is -0.672. The Balaban J connectivity index is 1.74. The van der Waals surface area contributed by atoms with E-state index in [2.05, 4.69) is 5.27 Å². The molecule has 2 aromatic rings. The summed E-state index contributed by atoms with van der Waals surface area (Å²) in [7, 11) is 1.57. The highest BCUT2D eigenvalue weighted by Crippen LogP contribution is 2.29. The molecule has 24 heavy (non-hydrogen) atoms. The van der Waals surface area contributed by atoms with Gasteiger partial charge in [0.2, 0.25) is 11.5 Å². The lowest BCUT2D eigenvalue weighted by atomic mass is 10.0. The average molecular weight is 348 g/mol. The standard InChI is InChI=1S/C17H20N2O4S/c1-22-13-9-7-12(8-10-13)19-16(17(21)23-18-19)15(20)11-24-14-5-3-2-4-6-14/h7-10,14H,2-6,11H2,1H3. The van der Waals surface area contributed by atoms with Crippen LogP contribution in [0.25, 0.3) is 5.69 Å². The summed E-state index contributed by atoms with van der Waals surface area (Å²) in [6.07, 6.45) is 6.00. The van der Waals surface area contributed by atoms with Crippen molar-refractivity contribution in [1.29, 1.82) is 0 Å². The number of benzene rings is 1. The molecule has 1 saturated carbocycles. The first-order valence-electron chi connectivity index (χ1n) is 8.07. The summed E-state index contributed by atoms with van der Waals surface area (Å²) < 4.78 is 11.1. The number of hydrogen-bond acceptors (Lipinski definition) is 6. The van der Waals surface area contributed by atoms with Gasteiger partial charge in [-0.2, -0.15) is 11.8 Å². The van der Waals surface area contributed by atoms with Gasteiger partial charge in [0.1, 0.15) is 5.75 Å². The van der Waals surface area contributed by atoms with Crippen LogP contribution in [-0.4, -0.2) is 29.2 Å². The number of ketones is 1. The fourth-order valence-electron chi connectivity index (χ4n) is 2.87. The predicted molar refractivity (Wildman–Crippen MR) is 87.7 cm³/mol. The van der Waals surface area contributed by atoms with Gasteiger partial charge in [-0.1, -0.05) is 19.3 Å². The maximum absolute atomic E-state index is 12.5. The molecule has 1 aromatic carbocycles. The zero-order valence-corrected chi connectivity index (χ0v) is 14.4. The monoisotopic (exact) mass is 348 g/mol. The molecular formula is C17H20N2O4S. The fraction of sp³-hybridized carbons (Fsp3) is 0.471. The van der Waals surface area contributed by atoms with E-state index in [-0.39, 0.29) is 17.2 Å². The Morgan fingerprint density at radius 3 is 2.71 bits per heavy atom. The number of hydrogen-bond donors (Lipinski definition) is 0. The normalized spacial score (nSPS) is 15.4. The van der Waals surface area contributed by atoms with Gasteiger partial charge in [0.15, 0.2) is 5.95 Å². The van der Waals surface area contributed by atoms with Gasteiger partial charge in [-0.25, -0.2) is 0 Å². The molecule has 0 amide bonds. The number of Topliss-reactive ketones (excluding diaryl/α,β-unsaturated/α-hetero) is 1. The number of thioether (sulfide) groups is 1. The SMILES string of the molecule is COc1ccc(-[n+]2noc([O-])c2C(=O)CSC2CCCCC2)cc1. The minimum absolute atomic E-state index is 0.0246. The zero-order chi connectivity index (χ0) is 16.9. The summed E-state index contributed by atoms with van der Waals surface area (Å²) in [4.78, 5) is 12.5. The predicted octanol–water partition coefficient (Wildman–Crippen LogP) is 2.28. The molecule has 1 aliphatic carbocycles. The summed E-state index contributed by atoms with van der Waals surface area (Å²) in [5, 5.41) is 16.1. The first-order chi connectivity index (χ1) is 11.7. The third-order valence-electron chi connectivity index (χ3n) is 4.19. The van der Waals surface area contributed by atoms with Crippen LogP contribution in [0.15, 0.2) is 28.8 Å². The summed E-state index contributed by atoms with van der Waals surface area (Å²) in [6, 6.07) is 6.94. The van der Waals surface area contributed by atoms with Crippen LogP contribution in [0.4, 0.5) is 0 Å². The minimum atomic E-state index is -0.694. The number of nitrogens with zero attached hydrogens (tertiary/aromatic N) is 2. The molecule has 1 fully saturated rings. The van der Waals surface area contributed by atoms with Crippen molar-refractivity contribution < 1.29 is 23.8 Å². The topological polar surface area (TPSA) is 79.3 Å². The molecule has 3 rings (SSSR count). The first kappa shape index (κ1) is 16.8. The number of carbonyl (C=O) groups excluding carboxylic acids is 1. The van der Waals surface area contributed by atoms with E-state index in [9.17, 15) is 9.90 Å². The quantitative estimate of drug-likeness (QED) is 0.589. The Kier molecular flexibility index (Phi) is 5.40. The Bertz CT molecular complexity index is 693. The van der Waals surface area contributed by atoms with Crippen molar-refractivity contribution in [2.75, 3.05) is 12.9 Å². The van der Waals surface area contributed by atoms with Crippen molar-refractivity contribution in [2.24, 2.45) is 0 Å². The van der Waals surface area contributed by atoms with Crippen molar-refractivity contribution in [1.82, 2.24) is 5.27 Å². The maximum atomic E-state index is 12.5. The van der Waals surface area contributed by atoms with Gasteiger partial charge in [0.05, 0.1) is 18.1 Å². The highest BCUT2D eigenvalue weighted by molar-refractivity contribution is 8.00. The van der Waals surface area contributed by atoms with Crippen LogP contribution in [0.5, 0.6) is 11.7 Å². The summed E-state index contributed by atoms with van der Waals surface area (Å²) >= 11 is 1.63. The molecular weight excluding hydrogens is 328 g/mol. The second kappa shape index (κ2) is 7.70. The highest BCUT2D eigenvalue weighted by Gasteiger charge is 2.28. The van der Waals surface area contributed by atoms with Crippen LogP contribution >= 0.6 is 11.8 Å². The maximum Gasteiger partial charge on any atom is 0.307 e. The van der Waals surface area contributed by atoms with Gasteiger partial charge in [0.25, 0.3) is 0 Å². The summed E-state index contributed by atoms with van der Waals surface area (Å²) in [5.41, 5.74) is 0.566. The van der Waals surface area contributed by atoms with Gasteiger partial charge in [-0.15, -0.1) is 0 Å². The number of methoxy groups -OCH3 is 1. The Hall–Kier alpha value is -2.02. The zero-order valence-electron chi connectivity index (χ0n) is 13.6. The van der Waals surface area contributed by atoms with Crippen LogP contribution in [-0.2, 0) is 0 Å². The van der Waals surface area contributed by atoms with Crippen molar-refractivity contribution in [3.63, 3.8) is 0 Å². The molecule has 0 N–H and O–H groups in total. The fourth-order valence-corrected chi connectivity index (χ4v) is 4.06. The number of rotatable bonds is 6. The number of aromatic nitrogens is 2. The van der Waals surface area contributed by atoms with Crippen LogP contribution in [0.2, 0.25) is 0 Å². The van der Waals surface area contributed by atoms with Crippen LogP contribution < -0.4 is 14.5 Å². The van der Waals surface area contributed by atoms with E-state index in [0.717, 1.165) is 12.8 Å². The highest BCUT2D eigenvalue weighted by atomic mass is 32.2. The molecule has 0 unspecified atom stereocenters. The second-order valence-corrected chi connectivity index (χ2v) is 7.10. The Morgan fingerprint density at radius 2 is 2.04 bits per heavy atom. The Labute approximate surface area is 144 Å². The molecule has 0 saturated heterocycles. The van der Waals surface area contributed by atoms with E-state index in [0.29, 0.717) is 16.7 Å². The van der Waals surface area contributed by atoms with E-state index < -0.39 is 5.95 Å². The van der Waals surface area contributed by atoms with Crippen molar-refractivity contribution >= 4 is 17.5 Å². The van der Waals surface area contributed by atoms with E-state index in [4.69, 9.17) is 9.26 Å². The lowest BCUT2D eigenvalue weighted by Crippen LogP contribution is -2.39. The molecule has 0 bridgehead atoms. The number of carbonyl (C=O) groups is 1. The first-order valence-corrected chi connectivity index (χ1v) is 9.12. The Morgan fingerprint density at radius 1 is 1.33 bits per heavy atom. The van der Waals surface area contributed by atoms with Crippen LogP contribution in [0, 0.1) is 0 Å². The second-order valence-electron chi connectivity index (χ2n) is 5.81. The minimum Gasteiger partial charge on any atom is -0.539 e. The van der Waals surface area contributed by atoms with Crippen molar-refractivity contribution in [3.8, 4) is 17.4 Å². The van der Waals surface area contributed by atoms with E-state index in [1.165, 1.54) is 23.9 Å². The average Bonchev–Trinajstić information content (AvgIpc) is 3.02. The van der Waals surface area contributed by atoms with Gasteiger partial charge < -0.3 is 14.4 Å². The molecule has 128 valence electrons. The molecule has 0 spiro atoms. The van der Waals surface area contributed by atoms with E-state index in [1.54, 1.807) is 43.1 Å². The molecule has 0 atom stereocenters. The largest absolute Gasteiger partial charge is 0.539 e. The van der Waals surface area contributed by atoms with Gasteiger partial charge in [-0.3, -0.25) is 4.79 Å². The third-order valence-corrected chi connectivity index (χ3v) is 5.57. The molecule has 0 aliphatic heterocycles. The van der Waals surface area contributed by atoms with Gasteiger partial charge in [-0.05, 0) is 29.7 Å². The van der Waals surface area contributed by atoms with Gasteiger partial charge in [0, 0.05) is 17.4 Å². The van der Waals surface area contributed by atoms with E-state index >= 15 is 0 Å². The molecule has 6 nitrogen and oxygen atoms in total. The smallest absolute Gasteiger partial charge is 0.307 e. The van der Waals surface area contributed by atoms with Crippen LogP contribution in [0.1, 0.15) is 42.6 Å². The lowest BCUT2D eigenvalue weighted by Gasteiger charge is -2.20. The van der Waals surface area contributed by atoms with Crippen molar-refractivity contribution in [3.05, 3.63) is 30.0 Å². The molecule has 0 radical (unpaired) electrons. The molecule has 1 heterocycles. The van der Waals surface area contributed by atoms with E-state index in [1.807, 2.05) is 0 Å². The summed E-state index contributed by atoms with van der Waals surface area (Å²) in [6.45, 7) is 0. The summed E-state index contributed by atoms with van der Waals surface area (Å²) in [5.74, 6) is 0.0238.